The lowest BCUT2D eigenvalue weighted by molar-refractivity contribution is -0.116. The van der Waals surface area contributed by atoms with Crippen molar-refractivity contribution in [1.29, 1.82) is 0 Å². The van der Waals surface area contributed by atoms with Gasteiger partial charge in [0.05, 0.1) is 18.6 Å². The number of ether oxygens (including phenoxy) is 1. The first kappa shape index (κ1) is 18.8. The highest BCUT2D eigenvalue weighted by molar-refractivity contribution is 7.92. The van der Waals surface area contributed by atoms with Crippen LogP contribution in [-0.2, 0) is 14.8 Å². The molecule has 2 aromatic rings. The molecule has 0 aliphatic heterocycles. The highest BCUT2D eigenvalue weighted by Crippen LogP contribution is 2.24. The van der Waals surface area contributed by atoms with Gasteiger partial charge in [-0.1, -0.05) is 18.2 Å². The summed E-state index contributed by atoms with van der Waals surface area (Å²) in [4.78, 5) is 12.5. The van der Waals surface area contributed by atoms with Crippen molar-refractivity contribution < 1.29 is 17.9 Å². The summed E-state index contributed by atoms with van der Waals surface area (Å²) >= 11 is 0. The summed E-state index contributed by atoms with van der Waals surface area (Å²) < 4.78 is 31.0. The Morgan fingerprint density at radius 2 is 1.72 bits per heavy atom. The maximum Gasteiger partial charge on any atom is 0.247 e. The van der Waals surface area contributed by atoms with Crippen molar-refractivity contribution in [1.82, 2.24) is 0 Å². The molecule has 0 saturated carbocycles. The number of para-hydroxylation sites is 1. The number of sulfonamides is 1. The average molecular weight is 362 g/mol. The molecular weight excluding hydrogens is 340 g/mol. The van der Waals surface area contributed by atoms with Crippen LogP contribution in [0.5, 0.6) is 5.75 Å². The van der Waals surface area contributed by atoms with Crippen molar-refractivity contribution >= 4 is 27.3 Å². The maximum atomic E-state index is 12.5. The van der Waals surface area contributed by atoms with Crippen molar-refractivity contribution in [3.05, 3.63) is 54.6 Å². The Morgan fingerprint density at radius 3 is 2.24 bits per heavy atom. The third-order valence-electron chi connectivity index (χ3n) is 3.53. The van der Waals surface area contributed by atoms with Gasteiger partial charge in [-0.05, 0) is 50.2 Å². The van der Waals surface area contributed by atoms with Gasteiger partial charge in [0, 0.05) is 5.69 Å². The van der Waals surface area contributed by atoms with Crippen molar-refractivity contribution in [2.75, 3.05) is 22.5 Å². The highest BCUT2D eigenvalue weighted by Gasteiger charge is 2.29. The van der Waals surface area contributed by atoms with Gasteiger partial charge >= 0.3 is 0 Å². The van der Waals surface area contributed by atoms with Gasteiger partial charge in [-0.2, -0.15) is 0 Å². The molecule has 1 N–H and O–H groups in total. The Morgan fingerprint density at radius 1 is 1.12 bits per heavy atom. The SMILES string of the molecule is CCOc1ccc(N(C(C)C(=O)Nc2ccccc2)S(C)(=O)=O)cc1. The second-order valence-electron chi connectivity index (χ2n) is 5.52. The van der Waals surface area contributed by atoms with Gasteiger partial charge in [0.1, 0.15) is 11.8 Å². The van der Waals surface area contributed by atoms with Crippen LogP contribution >= 0.6 is 0 Å². The normalized spacial score (nSPS) is 12.3. The molecule has 2 aromatic carbocycles. The summed E-state index contributed by atoms with van der Waals surface area (Å²) in [5.74, 6) is 0.228. The molecule has 2 rings (SSSR count). The molecule has 1 unspecified atom stereocenters. The van der Waals surface area contributed by atoms with E-state index < -0.39 is 22.0 Å². The van der Waals surface area contributed by atoms with E-state index in [0.29, 0.717) is 23.7 Å². The minimum atomic E-state index is -3.65. The monoisotopic (exact) mass is 362 g/mol. The summed E-state index contributed by atoms with van der Waals surface area (Å²) in [6.07, 6.45) is 1.08. The number of hydrogen-bond donors (Lipinski definition) is 1. The fourth-order valence-electron chi connectivity index (χ4n) is 2.43. The molecule has 0 spiro atoms. The smallest absolute Gasteiger partial charge is 0.247 e. The minimum absolute atomic E-state index is 0.404. The number of rotatable bonds is 7. The molecule has 0 aliphatic carbocycles. The van der Waals surface area contributed by atoms with Crippen molar-refractivity contribution in [2.45, 2.75) is 19.9 Å². The first-order chi connectivity index (χ1) is 11.8. The Hall–Kier alpha value is -2.54. The average Bonchev–Trinajstić information content (AvgIpc) is 2.56. The first-order valence-corrected chi connectivity index (χ1v) is 9.76. The molecule has 0 bridgehead atoms. The van der Waals surface area contributed by atoms with Crippen molar-refractivity contribution in [3.63, 3.8) is 0 Å². The van der Waals surface area contributed by atoms with E-state index in [1.54, 1.807) is 55.5 Å². The Labute approximate surface area is 148 Å². The molecule has 1 atom stereocenters. The third-order valence-corrected chi connectivity index (χ3v) is 4.77. The molecule has 0 heterocycles. The van der Waals surface area contributed by atoms with Crippen LogP contribution in [0.15, 0.2) is 54.6 Å². The molecule has 0 radical (unpaired) electrons. The standard InChI is InChI=1S/C18H22N2O4S/c1-4-24-17-12-10-16(11-13-17)20(25(3,22)23)14(2)18(21)19-15-8-6-5-7-9-15/h5-14H,4H2,1-3H3,(H,19,21). The first-order valence-electron chi connectivity index (χ1n) is 7.91. The molecule has 0 aromatic heterocycles. The number of benzene rings is 2. The topological polar surface area (TPSA) is 75.7 Å². The van der Waals surface area contributed by atoms with Crippen molar-refractivity contribution in [2.24, 2.45) is 0 Å². The minimum Gasteiger partial charge on any atom is -0.494 e. The van der Waals surface area contributed by atoms with Crippen LogP contribution in [0.1, 0.15) is 13.8 Å². The predicted molar refractivity (Wildman–Crippen MR) is 99.5 cm³/mol. The lowest BCUT2D eigenvalue weighted by atomic mass is 10.2. The summed E-state index contributed by atoms with van der Waals surface area (Å²) in [5, 5.41) is 2.73. The van der Waals surface area contributed by atoms with E-state index in [1.165, 1.54) is 0 Å². The number of hydrogen-bond acceptors (Lipinski definition) is 4. The van der Waals surface area contributed by atoms with E-state index in [-0.39, 0.29) is 0 Å². The van der Waals surface area contributed by atoms with E-state index in [2.05, 4.69) is 5.32 Å². The lowest BCUT2D eigenvalue weighted by Gasteiger charge is -2.28. The molecule has 1 amide bonds. The number of nitrogens with one attached hydrogen (secondary N) is 1. The number of nitrogens with zero attached hydrogens (tertiary/aromatic N) is 1. The summed E-state index contributed by atoms with van der Waals surface area (Å²) in [5.41, 5.74) is 1.01. The van der Waals surface area contributed by atoms with E-state index in [4.69, 9.17) is 4.74 Å². The Bertz CT molecular complexity index is 805. The quantitative estimate of drug-likeness (QED) is 0.822. The fourth-order valence-corrected chi connectivity index (χ4v) is 3.61. The van der Waals surface area contributed by atoms with Gasteiger partial charge in [-0.3, -0.25) is 9.10 Å². The highest BCUT2D eigenvalue weighted by atomic mass is 32.2. The predicted octanol–water partition coefficient (Wildman–Crippen LogP) is 2.88. The summed E-state index contributed by atoms with van der Waals surface area (Å²) in [7, 11) is -3.65. The lowest BCUT2D eigenvalue weighted by Crippen LogP contribution is -2.45. The van der Waals surface area contributed by atoms with Gasteiger partial charge in [0.25, 0.3) is 0 Å². The van der Waals surface area contributed by atoms with Crippen molar-refractivity contribution in [3.8, 4) is 5.75 Å². The zero-order valence-corrected chi connectivity index (χ0v) is 15.3. The summed E-state index contributed by atoms with van der Waals surface area (Å²) in [6, 6.07) is 14.6. The fraction of sp³-hybridized carbons (Fsp3) is 0.278. The number of amides is 1. The molecule has 0 fully saturated rings. The van der Waals surface area contributed by atoms with Crippen LogP contribution in [0, 0.1) is 0 Å². The van der Waals surface area contributed by atoms with Crippen LogP contribution in [0.4, 0.5) is 11.4 Å². The molecule has 7 heteroatoms. The second-order valence-corrected chi connectivity index (χ2v) is 7.38. The van der Waals surface area contributed by atoms with Crippen LogP contribution in [0.3, 0.4) is 0 Å². The Balaban J connectivity index is 2.26. The maximum absolute atomic E-state index is 12.5. The van der Waals surface area contributed by atoms with Gasteiger partial charge in [-0.15, -0.1) is 0 Å². The third kappa shape index (κ3) is 4.96. The van der Waals surface area contributed by atoms with Crippen LogP contribution in [0.25, 0.3) is 0 Å². The molecule has 6 nitrogen and oxygen atoms in total. The number of carbonyl (C=O) groups excluding carboxylic acids is 1. The molecule has 0 aliphatic rings. The largest absolute Gasteiger partial charge is 0.494 e. The van der Waals surface area contributed by atoms with Gasteiger partial charge in [0.2, 0.25) is 15.9 Å². The van der Waals surface area contributed by atoms with Crippen LogP contribution < -0.4 is 14.4 Å². The summed E-state index contributed by atoms with van der Waals surface area (Å²) in [6.45, 7) is 3.94. The van der Waals surface area contributed by atoms with Gasteiger partial charge in [0.15, 0.2) is 0 Å². The number of anilines is 2. The molecule has 134 valence electrons. The molecular formula is C18H22N2O4S. The molecule has 0 saturated heterocycles. The zero-order valence-electron chi connectivity index (χ0n) is 14.5. The Kier molecular flexibility index (Phi) is 6.03. The van der Waals surface area contributed by atoms with Gasteiger partial charge in [-0.25, -0.2) is 8.42 Å². The van der Waals surface area contributed by atoms with Crippen LogP contribution in [0.2, 0.25) is 0 Å². The second kappa shape index (κ2) is 8.02. The van der Waals surface area contributed by atoms with E-state index in [9.17, 15) is 13.2 Å². The van der Waals surface area contributed by atoms with E-state index in [0.717, 1.165) is 10.6 Å². The van der Waals surface area contributed by atoms with Gasteiger partial charge < -0.3 is 10.1 Å². The van der Waals surface area contributed by atoms with E-state index >= 15 is 0 Å². The molecule has 25 heavy (non-hydrogen) atoms. The number of carbonyl (C=O) groups is 1. The van der Waals surface area contributed by atoms with Crippen LogP contribution in [-0.4, -0.2) is 33.2 Å². The van der Waals surface area contributed by atoms with E-state index in [1.807, 2.05) is 13.0 Å². The zero-order chi connectivity index (χ0) is 18.4.